The van der Waals surface area contributed by atoms with E-state index < -0.39 is 42.2 Å². The Bertz CT molecular complexity index is 1160. The summed E-state index contributed by atoms with van der Waals surface area (Å²) in [6, 6.07) is 6.57. The first kappa shape index (κ1) is 22.1. The van der Waals surface area contributed by atoms with Gasteiger partial charge in [-0.2, -0.15) is 13.2 Å². The van der Waals surface area contributed by atoms with Crippen molar-refractivity contribution >= 4 is 11.8 Å². The van der Waals surface area contributed by atoms with Crippen molar-refractivity contribution in [3.05, 3.63) is 81.4 Å². The number of alkyl halides is 3. The third-order valence-corrected chi connectivity index (χ3v) is 4.74. The highest BCUT2D eigenvalue weighted by molar-refractivity contribution is 5.99. The van der Waals surface area contributed by atoms with Gasteiger partial charge in [0, 0.05) is 29.2 Å². The van der Waals surface area contributed by atoms with Crippen molar-refractivity contribution in [1.29, 1.82) is 0 Å². The van der Waals surface area contributed by atoms with Crippen LogP contribution in [0.15, 0.2) is 52.0 Å². The van der Waals surface area contributed by atoms with Gasteiger partial charge in [0.1, 0.15) is 12.3 Å². The monoisotopic (exact) mass is 436 g/mol. The van der Waals surface area contributed by atoms with E-state index in [0.717, 1.165) is 11.8 Å². The quantitative estimate of drug-likeness (QED) is 0.419. The maximum atomic E-state index is 12.8. The van der Waals surface area contributed by atoms with Crippen molar-refractivity contribution < 1.29 is 31.9 Å². The van der Waals surface area contributed by atoms with Gasteiger partial charge in [0.05, 0.1) is 18.4 Å². The van der Waals surface area contributed by atoms with Gasteiger partial charge in [-0.05, 0) is 38.1 Å². The fraction of sp³-hybridized carbons (Fsp3) is 0.286. The van der Waals surface area contributed by atoms with Crippen molar-refractivity contribution in [3.63, 3.8) is 0 Å². The average molecular weight is 436 g/mol. The van der Waals surface area contributed by atoms with Crippen LogP contribution in [0.25, 0.3) is 0 Å². The van der Waals surface area contributed by atoms with E-state index in [4.69, 9.17) is 9.15 Å². The molecule has 0 aliphatic carbocycles. The highest BCUT2D eigenvalue weighted by Gasteiger charge is 2.31. The number of aromatic nitrogens is 2. The van der Waals surface area contributed by atoms with Gasteiger partial charge in [0.2, 0.25) is 5.78 Å². The van der Waals surface area contributed by atoms with Gasteiger partial charge in [-0.15, -0.1) is 0 Å². The smallest absolute Gasteiger partial charge is 0.417 e. The summed E-state index contributed by atoms with van der Waals surface area (Å²) in [5.41, 5.74) is -0.0473. The molecule has 0 radical (unpaired) electrons. The number of aryl methyl sites for hydroxylation is 1. The van der Waals surface area contributed by atoms with Crippen LogP contribution in [-0.4, -0.2) is 27.5 Å². The summed E-state index contributed by atoms with van der Waals surface area (Å²) in [6.45, 7) is 2.65. The van der Waals surface area contributed by atoms with Gasteiger partial charge in [-0.1, -0.05) is 0 Å². The van der Waals surface area contributed by atoms with Gasteiger partial charge >= 0.3 is 12.1 Å². The summed E-state index contributed by atoms with van der Waals surface area (Å²) in [7, 11) is 0. The van der Waals surface area contributed by atoms with Crippen LogP contribution in [0.2, 0.25) is 0 Å². The van der Waals surface area contributed by atoms with E-state index in [9.17, 15) is 27.6 Å². The van der Waals surface area contributed by atoms with E-state index in [2.05, 4.69) is 0 Å². The SMILES string of the molecule is Cc1cc(C(=O)COC(=O)Cn2cc(C(F)(F)F)ccc2=O)c(C)n1Cc1ccco1. The zero-order chi connectivity index (χ0) is 22.8. The fourth-order valence-electron chi connectivity index (χ4n) is 3.12. The van der Waals surface area contributed by atoms with Crippen molar-refractivity contribution in [2.45, 2.75) is 33.1 Å². The minimum Gasteiger partial charge on any atom is -0.467 e. The van der Waals surface area contributed by atoms with Crippen molar-refractivity contribution in [3.8, 4) is 0 Å². The summed E-state index contributed by atoms with van der Waals surface area (Å²) >= 11 is 0. The Morgan fingerprint density at radius 3 is 2.55 bits per heavy atom. The molecule has 0 saturated carbocycles. The van der Waals surface area contributed by atoms with Crippen LogP contribution in [-0.2, 0) is 28.8 Å². The summed E-state index contributed by atoms with van der Waals surface area (Å²) in [5, 5.41) is 0. The lowest BCUT2D eigenvalue weighted by Gasteiger charge is -2.10. The van der Waals surface area contributed by atoms with Crippen LogP contribution in [0, 0.1) is 13.8 Å². The molecule has 0 unspecified atom stereocenters. The second-order valence-corrected chi connectivity index (χ2v) is 6.92. The Morgan fingerprint density at radius 2 is 1.90 bits per heavy atom. The molecule has 0 atom stereocenters. The molecule has 3 heterocycles. The third kappa shape index (κ3) is 5.14. The maximum absolute atomic E-state index is 12.8. The Morgan fingerprint density at radius 1 is 1.16 bits per heavy atom. The lowest BCUT2D eigenvalue weighted by molar-refractivity contribution is -0.144. The minimum atomic E-state index is -4.66. The Balaban J connectivity index is 1.65. The fourth-order valence-corrected chi connectivity index (χ4v) is 3.12. The standard InChI is InChI=1S/C21H19F3N2O5/c1-13-8-17(14(2)26(13)10-16-4-3-7-30-16)18(27)12-31-20(29)11-25-9-15(21(22,23)24)5-6-19(25)28/h3-9H,10-12H2,1-2H3. The van der Waals surface area contributed by atoms with Gasteiger partial charge in [0.15, 0.2) is 6.61 Å². The van der Waals surface area contributed by atoms with E-state index in [-0.39, 0.29) is 0 Å². The molecule has 0 N–H and O–H groups in total. The molecule has 0 aromatic carbocycles. The number of pyridine rings is 1. The summed E-state index contributed by atoms with van der Waals surface area (Å²) in [5.74, 6) is -0.763. The molecule has 0 fully saturated rings. The summed E-state index contributed by atoms with van der Waals surface area (Å²) in [4.78, 5) is 36.2. The average Bonchev–Trinajstić information content (AvgIpc) is 3.31. The van der Waals surface area contributed by atoms with Crippen LogP contribution in [0.1, 0.15) is 33.1 Å². The molecule has 3 aromatic rings. The molecule has 0 aliphatic heterocycles. The van der Waals surface area contributed by atoms with E-state index in [0.29, 0.717) is 40.4 Å². The topological polar surface area (TPSA) is 83.4 Å². The van der Waals surface area contributed by atoms with Crippen LogP contribution < -0.4 is 5.56 Å². The molecule has 0 aliphatic rings. The number of nitrogens with zero attached hydrogens (tertiary/aromatic N) is 2. The number of ether oxygens (including phenoxy) is 1. The van der Waals surface area contributed by atoms with Crippen molar-refractivity contribution in [2.75, 3.05) is 6.61 Å². The summed E-state index contributed by atoms with van der Waals surface area (Å²) < 4.78 is 51.0. The lowest BCUT2D eigenvalue weighted by atomic mass is 10.1. The summed E-state index contributed by atoms with van der Waals surface area (Å²) in [6.07, 6.45) is -2.58. The Hall–Kier alpha value is -3.56. The molecule has 0 amide bonds. The van der Waals surface area contributed by atoms with E-state index in [1.165, 1.54) is 0 Å². The number of carbonyl (C=O) groups is 2. The van der Waals surface area contributed by atoms with Crippen LogP contribution in [0.5, 0.6) is 0 Å². The Labute approximate surface area is 174 Å². The van der Waals surface area contributed by atoms with E-state index in [1.54, 1.807) is 31.4 Å². The van der Waals surface area contributed by atoms with Crippen LogP contribution in [0.4, 0.5) is 13.2 Å². The van der Waals surface area contributed by atoms with Crippen molar-refractivity contribution in [1.82, 2.24) is 9.13 Å². The molecule has 3 rings (SSSR count). The van der Waals surface area contributed by atoms with E-state index in [1.807, 2.05) is 11.5 Å². The normalized spacial score (nSPS) is 11.5. The predicted molar refractivity (Wildman–Crippen MR) is 103 cm³/mol. The van der Waals surface area contributed by atoms with Gasteiger partial charge < -0.3 is 18.3 Å². The molecule has 0 saturated heterocycles. The first-order valence-electron chi connectivity index (χ1n) is 9.22. The largest absolute Gasteiger partial charge is 0.467 e. The zero-order valence-electron chi connectivity index (χ0n) is 16.7. The molecule has 164 valence electrons. The number of esters is 1. The third-order valence-electron chi connectivity index (χ3n) is 4.74. The Kier molecular flexibility index (Phi) is 6.19. The number of hydrogen-bond donors (Lipinski definition) is 0. The second-order valence-electron chi connectivity index (χ2n) is 6.92. The first-order chi connectivity index (χ1) is 14.6. The highest BCUT2D eigenvalue weighted by Crippen LogP contribution is 2.28. The molecule has 7 nitrogen and oxygen atoms in total. The lowest BCUT2D eigenvalue weighted by Crippen LogP contribution is -2.27. The number of Topliss-reactive ketones (excluding diaryl/α,β-unsaturated/α-hetero) is 1. The van der Waals surface area contributed by atoms with Crippen LogP contribution >= 0.6 is 0 Å². The number of halogens is 3. The molecule has 31 heavy (non-hydrogen) atoms. The molecular weight excluding hydrogens is 417 g/mol. The zero-order valence-corrected chi connectivity index (χ0v) is 16.7. The number of carbonyl (C=O) groups excluding carboxylic acids is 2. The first-order valence-corrected chi connectivity index (χ1v) is 9.22. The second kappa shape index (κ2) is 8.66. The highest BCUT2D eigenvalue weighted by atomic mass is 19.4. The number of furan rings is 1. The molecular formula is C21H19F3N2O5. The molecule has 0 spiro atoms. The molecule has 3 aromatic heterocycles. The minimum absolute atomic E-state index is 0.355. The van der Waals surface area contributed by atoms with Gasteiger partial charge in [0.25, 0.3) is 5.56 Å². The number of hydrogen-bond acceptors (Lipinski definition) is 5. The molecule has 0 bridgehead atoms. The predicted octanol–water partition coefficient (Wildman–Crippen LogP) is 3.35. The van der Waals surface area contributed by atoms with Crippen molar-refractivity contribution in [2.24, 2.45) is 0 Å². The van der Waals surface area contributed by atoms with Gasteiger partial charge in [-0.3, -0.25) is 14.4 Å². The van der Waals surface area contributed by atoms with Gasteiger partial charge in [-0.25, -0.2) is 0 Å². The number of rotatable bonds is 7. The van der Waals surface area contributed by atoms with Crippen LogP contribution in [0.3, 0.4) is 0 Å². The maximum Gasteiger partial charge on any atom is 0.417 e. The molecule has 10 heteroatoms. The number of ketones is 1. The van der Waals surface area contributed by atoms with E-state index >= 15 is 0 Å².